The smallest absolute Gasteiger partial charge is 0.0636 e. The van der Waals surface area contributed by atoms with Crippen LogP contribution in [0, 0.1) is 13.8 Å². The molecule has 0 aromatic heterocycles. The molecule has 0 heterocycles. The molecule has 0 amide bonds. The van der Waals surface area contributed by atoms with Gasteiger partial charge in [0, 0.05) is 17.3 Å². The van der Waals surface area contributed by atoms with Crippen molar-refractivity contribution < 1.29 is 0 Å². The molecule has 0 saturated heterocycles. The number of benzene rings is 2. The highest BCUT2D eigenvalue weighted by atomic mass is 35.5. The van der Waals surface area contributed by atoms with Crippen LogP contribution in [0.5, 0.6) is 0 Å². The Bertz CT molecular complexity index is 546. The first kappa shape index (κ1) is 13.9. The Morgan fingerprint density at radius 3 is 2.37 bits per heavy atom. The van der Waals surface area contributed by atoms with E-state index in [-0.39, 0.29) is 6.04 Å². The molecule has 0 radical (unpaired) electrons. The highest BCUT2D eigenvalue weighted by Gasteiger charge is 2.10. The Balaban J connectivity index is 2.24. The lowest BCUT2D eigenvalue weighted by Crippen LogP contribution is -2.20. The minimum Gasteiger partial charge on any atom is -0.377 e. The summed E-state index contributed by atoms with van der Waals surface area (Å²) in [6.07, 6.45) is 0. The summed E-state index contributed by atoms with van der Waals surface area (Å²) in [5, 5.41) is 4.15. The van der Waals surface area contributed by atoms with Crippen molar-refractivity contribution in [1.82, 2.24) is 0 Å². The monoisotopic (exact) mass is 274 g/mol. The molecule has 0 spiro atoms. The number of anilines is 1. The quantitative estimate of drug-likeness (QED) is 0.882. The Morgan fingerprint density at radius 2 is 1.79 bits per heavy atom. The van der Waals surface area contributed by atoms with Crippen LogP contribution in [0.1, 0.15) is 22.7 Å². The van der Waals surface area contributed by atoms with Crippen LogP contribution in [0.2, 0.25) is 5.02 Å². The van der Waals surface area contributed by atoms with E-state index in [1.165, 1.54) is 16.7 Å². The molecule has 2 rings (SSSR count). The van der Waals surface area contributed by atoms with Gasteiger partial charge in [0.05, 0.1) is 6.04 Å². The second kappa shape index (κ2) is 6.09. The minimum absolute atomic E-state index is 0.0945. The summed E-state index contributed by atoms with van der Waals surface area (Å²) in [7, 11) is 0. The van der Waals surface area contributed by atoms with Crippen molar-refractivity contribution in [3.8, 4) is 0 Å². The third kappa shape index (κ3) is 3.72. The molecule has 0 aliphatic rings. The van der Waals surface area contributed by atoms with E-state index in [0.29, 0.717) is 6.54 Å². The lowest BCUT2D eigenvalue weighted by Gasteiger charge is -2.20. The summed E-state index contributed by atoms with van der Waals surface area (Å²) in [6.45, 7) is 4.74. The molecule has 2 nitrogen and oxygen atoms in total. The number of halogens is 1. The SMILES string of the molecule is Cc1cc(C)cc(C(CN)Nc2cccc(Cl)c2)c1. The van der Waals surface area contributed by atoms with E-state index in [0.717, 1.165) is 10.7 Å². The largest absolute Gasteiger partial charge is 0.377 e. The van der Waals surface area contributed by atoms with E-state index in [1.807, 2.05) is 24.3 Å². The molecular formula is C16H19ClN2. The summed E-state index contributed by atoms with van der Waals surface area (Å²) in [5.41, 5.74) is 10.6. The predicted octanol–water partition coefficient (Wildman–Crippen LogP) is 4.07. The third-order valence-corrected chi connectivity index (χ3v) is 3.28. The molecule has 0 aliphatic carbocycles. The molecule has 3 N–H and O–H groups in total. The van der Waals surface area contributed by atoms with Crippen molar-refractivity contribution >= 4 is 17.3 Å². The van der Waals surface area contributed by atoms with Crippen molar-refractivity contribution in [3.05, 3.63) is 64.2 Å². The molecule has 19 heavy (non-hydrogen) atoms. The second-order valence-electron chi connectivity index (χ2n) is 4.86. The number of hydrogen-bond donors (Lipinski definition) is 2. The molecule has 100 valence electrons. The van der Waals surface area contributed by atoms with Gasteiger partial charge in [0.15, 0.2) is 0 Å². The van der Waals surface area contributed by atoms with Crippen molar-refractivity contribution in [1.29, 1.82) is 0 Å². The minimum atomic E-state index is 0.0945. The van der Waals surface area contributed by atoms with Gasteiger partial charge in [0.2, 0.25) is 0 Å². The molecule has 1 atom stereocenters. The summed E-state index contributed by atoms with van der Waals surface area (Å²) in [5.74, 6) is 0. The van der Waals surface area contributed by atoms with E-state index < -0.39 is 0 Å². The molecular weight excluding hydrogens is 256 g/mol. The molecule has 0 bridgehead atoms. The van der Waals surface area contributed by atoms with Gasteiger partial charge < -0.3 is 11.1 Å². The van der Waals surface area contributed by atoms with Crippen molar-refractivity contribution in [2.24, 2.45) is 5.73 Å². The maximum Gasteiger partial charge on any atom is 0.0636 e. The molecule has 0 aliphatic heterocycles. The van der Waals surface area contributed by atoms with E-state index in [2.05, 4.69) is 37.4 Å². The predicted molar refractivity (Wildman–Crippen MR) is 82.8 cm³/mol. The molecule has 1 unspecified atom stereocenters. The van der Waals surface area contributed by atoms with Crippen molar-refractivity contribution in [2.75, 3.05) is 11.9 Å². The Labute approximate surface area is 119 Å². The number of aryl methyl sites for hydroxylation is 2. The maximum atomic E-state index is 6.00. The number of rotatable bonds is 4. The average Bonchev–Trinajstić information content (AvgIpc) is 2.34. The first-order valence-corrected chi connectivity index (χ1v) is 6.76. The van der Waals surface area contributed by atoms with Crippen molar-refractivity contribution in [2.45, 2.75) is 19.9 Å². The van der Waals surface area contributed by atoms with Gasteiger partial charge in [-0.1, -0.05) is 47.0 Å². The summed E-state index contributed by atoms with van der Waals surface area (Å²) >= 11 is 6.00. The van der Waals surface area contributed by atoms with Gasteiger partial charge in [-0.2, -0.15) is 0 Å². The van der Waals surface area contributed by atoms with Crippen LogP contribution in [0.3, 0.4) is 0 Å². The zero-order valence-corrected chi connectivity index (χ0v) is 12.0. The van der Waals surface area contributed by atoms with Gasteiger partial charge in [-0.05, 0) is 37.6 Å². The molecule has 2 aromatic rings. The standard InChI is InChI=1S/C16H19ClN2/c1-11-6-12(2)8-13(7-11)16(10-18)19-15-5-3-4-14(17)9-15/h3-9,16,19H,10,18H2,1-2H3. The van der Waals surface area contributed by atoms with E-state index in [9.17, 15) is 0 Å². The number of hydrogen-bond acceptors (Lipinski definition) is 2. The number of nitrogens with one attached hydrogen (secondary N) is 1. The molecule has 3 heteroatoms. The van der Waals surface area contributed by atoms with Gasteiger partial charge in [0.25, 0.3) is 0 Å². The van der Waals surface area contributed by atoms with Crippen molar-refractivity contribution in [3.63, 3.8) is 0 Å². The molecule has 0 fully saturated rings. The molecule has 0 saturated carbocycles. The fourth-order valence-electron chi connectivity index (χ4n) is 2.27. The van der Waals surface area contributed by atoms with Gasteiger partial charge in [-0.3, -0.25) is 0 Å². The van der Waals surface area contributed by atoms with E-state index >= 15 is 0 Å². The highest BCUT2D eigenvalue weighted by molar-refractivity contribution is 6.30. The zero-order chi connectivity index (χ0) is 13.8. The lowest BCUT2D eigenvalue weighted by molar-refractivity contribution is 0.788. The maximum absolute atomic E-state index is 6.00. The van der Waals surface area contributed by atoms with Crippen LogP contribution in [0.15, 0.2) is 42.5 Å². The Kier molecular flexibility index (Phi) is 4.46. The Hall–Kier alpha value is -1.51. The van der Waals surface area contributed by atoms with Gasteiger partial charge in [0.1, 0.15) is 0 Å². The first-order valence-electron chi connectivity index (χ1n) is 6.39. The topological polar surface area (TPSA) is 38.0 Å². The average molecular weight is 275 g/mol. The first-order chi connectivity index (χ1) is 9.08. The van der Waals surface area contributed by atoms with Crippen LogP contribution < -0.4 is 11.1 Å². The summed E-state index contributed by atoms with van der Waals surface area (Å²) < 4.78 is 0. The Morgan fingerprint density at radius 1 is 1.11 bits per heavy atom. The fourth-order valence-corrected chi connectivity index (χ4v) is 2.46. The van der Waals surface area contributed by atoms with Crippen LogP contribution in [0.4, 0.5) is 5.69 Å². The normalized spacial score (nSPS) is 12.2. The number of nitrogens with two attached hydrogens (primary N) is 1. The van der Waals surface area contributed by atoms with Crippen LogP contribution in [-0.4, -0.2) is 6.54 Å². The second-order valence-corrected chi connectivity index (χ2v) is 5.30. The summed E-state index contributed by atoms with van der Waals surface area (Å²) in [6, 6.07) is 14.3. The van der Waals surface area contributed by atoms with Gasteiger partial charge >= 0.3 is 0 Å². The molecule has 2 aromatic carbocycles. The van der Waals surface area contributed by atoms with E-state index in [1.54, 1.807) is 0 Å². The van der Waals surface area contributed by atoms with Gasteiger partial charge in [-0.25, -0.2) is 0 Å². The van der Waals surface area contributed by atoms with E-state index in [4.69, 9.17) is 17.3 Å². The lowest BCUT2D eigenvalue weighted by atomic mass is 10.0. The van der Waals surface area contributed by atoms with Crippen LogP contribution in [-0.2, 0) is 0 Å². The van der Waals surface area contributed by atoms with Gasteiger partial charge in [-0.15, -0.1) is 0 Å². The van der Waals surface area contributed by atoms with Crippen LogP contribution >= 0.6 is 11.6 Å². The highest BCUT2D eigenvalue weighted by Crippen LogP contribution is 2.23. The fraction of sp³-hybridized carbons (Fsp3) is 0.250. The summed E-state index contributed by atoms with van der Waals surface area (Å²) in [4.78, 5) is 0. The third-order valence-electron chi connectivity index (χ3n) is 3.05. The van der Waals surface area contributed by atoms with Crippen LogP contribution in [0.25, 0.3) is 0 Å². The zero-order valence-electron chi connectivity index (χ0n) is 11.3.